The van der Waals surface area contributed by atoms with Gasteiger partial charge >= 0.3 is 0 Å². The van der Waals surface area contributed by atoms with E-state index in [0.29, 0.717) is 19.5 Å². The number of benzene rings is 1. The molecule has 21 heavy (non-hydrogen) atoms. The van der Waals surface area contributed by atoms with Crippen molar-refractivity contribution in [3.63, 3.8) is 0 Å². The van der Waals surface area contributed by atoms with E-state index in [1.165, 1.54) is 5.56 Å². The van der Waals surface area contributed by atoms with Gasteiger partial charge in [-0.2, -0.15) is 0 Å². The molecule has 2 rings (SSSR count). The topological polar surface area (TPSA) is 52.6 Å². The number of nitrogens with zero attached hydrogens (tertiary/aromatic N) is 1. The van der Waals surface area contributed by atoms with E-state index in [1.807, 2.05) is 30.0 Å². The lowest BCUT2D eigenvalue weighted by Crippen LogP contribution is -2.45. The van der Waals surface area contributed by atoms with Crippen LogP contribution >= 0.6 is 0 Å². The summed E-state index contributed by atoms with van der Waals surface area (Å²) in [5.41, 5.74) is 1.19. The number of likely N-dealkylation sites (N-methyl/N-ethyl adjacent to an activating group) is 1. The molecule has 3 atom stereocenters. The normalized spacial score (nSPS) is 23.0. The molecule has 0 spiro atoms. The van der Waals surface area contributed by atoms with E-state index < -0.39 is 6.10 Å². The summed E-state index contributed by atoms with van der Waals surface area (Å²) in [5.74, 6) is 0.108. The van der Waals surface area contributed by atoms with Gasteiger partial charge in [-0.15, -0.1) is 0 Å². The van der Waals surface area contributed by atoms with E-state index in [2.05, 4.69) is 24.4 Å². The number of carbonyl (C=O) groups excluding carboxylic acids is 1. The van der Waals surface area contributed by atoms with Crippen LogP contribution in [0, 0.1) is 0 Å². The molecule has 4 nitrogen and oxygen atoms in total. The second-order valence-electron chi connectivity index (χ2n) is 5.69. The predicted molar refractivity (Wildman–Crippen MR) is 83.9 cm³/mol. The van der Waals surface area contributed by atoms with Crippen LogP contribution in [0.3, 0.4) is 0 Å². The molecule has 116 valence electrons. The molecular weight excluding hydrogens is 264 g/mol. The zero-order valence-electron chi connectivity index (χ0n) is 13.0. The number of aliphatic hydroxyl groups excluding tert-OH is 1. The molecule has 1 heterocycles. The third kappa shape index (κ3) is 3.83. The van der Waals surface area contributed by atoms with Crippen molar-refractivity contribution < 1.29 is 9.90 Å². The monoisotopic (exact) mass is 290 g/mol. The second kappa shape index (κ2) is 7.57. The summed E-state index contributed by atoms with van der Waals surface area (Å²) in [6.07, 6.45) is 2.10. The quantitative estimate of drug-likeness (QED) is 0.843. The summed E-state index contributed by atoms with van der Waals surface area (Å²) in [6.45, 7) is 5.37. The number of nitrogens with one attached hydrogen (secondary N) is 1. The largest absolute Gasteiger partial charge is 0.392 e. The highest BCUT2D eigenvalue weighted by molar-refractivity contribution is 5.82. The van der Waals surface area contributed by atoms with Gasteiger partial charge in [0.05, 0.1) is 18.2 Å². The van der Waals surface area contributed by atoms with Crippen molar-refractivity contribution in [2.75, 3.05) is 13.1 Å². The molecule has 0 aliphatic carbocycles. The smallest absolute Gasteiger partial charge is 0.240 e. The molecule has 1 aliphatic heterocycles. The Bertz CT molecular complexity index is 449. The van der Waals surface area contributed by atoms with Gasteiger partial charge in [0.15, 0.2) is 0 Å². The number of carbonyl (C=O) groups is 1. The maximum absolute atomic E-state index is 12.8. The maximum Gasteiger partial charge on any atom is 0.240 e. The summed E-state index contributed by atoms with van der Waals surface area (Å²) >= 11 is 0. The first-order chi connectivity index (χ1) is 10.2. The maximum atomic E-state index is 12.8. The van der Waals surface area contributed by atoms with Crippen LogP contribution in [-0.2, 0) is 4.79 Å². The third-order valence-electron chi connectivity index (χ3n) is 4.15. The van der Waals surface area contributed by atoms with Crippen molar-refractivity contribution in [3.8, 4) is 0 Å². The van der Waals surface area contributed by atoms with E-state index in [4.69, 9.17) is 0 Å². The Hall–Kier alpha value is -1.39. The van der Waals surface area contributed by atoms with E-state index in [9.17, 15) is 9.90 Å². The summed E-state index contributed by atoms with van der Waals surface area (Å²) in [5, 5.41) is 12.8. The average Bonchev–Trinajstić information content (AvgIpc) is 2.94. The lowest BCUT2D eigenvalue weighted by molar-refractivity contribution is -0.135. The van der Waals surface area contributed by atoms with Gasteiger partial charge in [0, 0.05) is 13.1 Å². The zero-order valence-corrected chi connectivity index (χ0v) is 13.0. The minimum atomic E-state index is -0.404. The molecule has 1 fully saturated rings. The van der Waals surface area contributed by atoms with Crippen LogP contribution in [0.4, 0.5) is 0 Å². The summed E-state index contributed by atoms with van der Waals surface area (Å²) in [7, 11) is 0. The van der Waals surface area contributed by atoms with E-state index in [0.717, 1.165) is 12.8 Å². The molecule has 4 heteroatoms. The molecule has 0 radical (unpaired) electrons. The van der Waals surface area contributed by atoms with Gasteiger partial charge < -0.3 is 15.3 Å². The van der Waals surface area contributed by atoms with Gasteiger partial charge in [-0.25, -0.2) is 0 Å². The molecule has 1 aromatic carbocycles. The average molecular weight is 290 g/mol. The van der Waals surface area contributed by atoms with Crippen molar-refractivity contribution in [2.24, 2.45) is 0 Å². The van der Waals surface area contributed by atoms with Gasteiger partial charge in [0.25, 0.3) is 0 Å². The first kappa shape index (κ1) is 16.0. The Balaban J connectivity index is 2.17. The minimum Gasteiger partial charge on any atom is -0.392 e. The van der Waals surface area contributed by atoms with Crippen molar-refractivity contribution in [3.05, 3.63) is 35.9 Å². The molecule has 1 amide bonds. The Morgan fingerprint density at radius 1 is 1.38 bits per heavy atom. The summed E-state index contributed by atoms with van der Waals surface area (Å²) in [6, 6.07) is 10.1. The van der Waals surface area contributed by atoms with Crippen molar-refractivity contribution in [1.82, 2.24) is 10.2 Å². The Morgan fingerprint density at radius 3 is 2.62 bits per heavy atom. The minimum absolute atomic E-state index is 0.108. The molecule has 0 aromatic heterocycles. The standard InChI is InChI=1S/C17H26N2O2/c1-3-8-16(13-9-6-5-7-10-13)19(4-2)17(21)15-11-14(20)12-18-15/h5-7,9-10,14-16,18,20H,3-4,8,11-12H2,1-2H3/t14?,15-,16?/m0/s1. The molecule has 1 aliphatic rings. The molecule has 2 unspecified atom stereocenters. The van der Waals surface area contributed by atoms with Gasteiger partial charge in [-0.1, -0.05) is 43.7 Å². The zero-order chi connectivity index (χ0) is 15.2. The highest BCUT2D eigenvalue weighted by atomic mass is 16.3. The fraction of sp³-hybridized carbons (Fsp3) is 0.588. The molecule has 0 bridgehead atoms. The summed E-state index contributed by atoms with van der Waals surface area (Å²) in [4.78, 5) is 14.7. The first-order valence-corrected chi connectivity index (χ1v) is 7.94. The molecular formula is C17H26N2O2. The van der Waals surface area contributed by atoms with Crippen LogP contribution in [0.25, 0.3) is 0 Å². The molecule has 1 aromatic rings. The Kier molecular flexibility index (Phi) is 5.76. The van der Waals surface area contributed by atoms with Crippen LogP contribution in [0.5, 0.6) is 0 Å². The highest BCUT2D eigenvalue weighted by Gasteiger charge is 2.33. The highest BCUT2D eigenvalue weighted by Crippen LogP contribution is 2.27. The van der Waals surface area contributed by atoms with Crippen LogP contribution in [-0.4, -0.2) is 41.1 Å². The number of rotatable bonds is 6. The number of β-amino-alcohol motifs (C(OH)–C–C–N with tert-alkyl or cyclic N) is 1. The number of hydrogen-bond donors (Lipinski definition) is 2. The SMILES string of the molecule is CCCC(c1ccccc1)N(CC)C(=O)[C@@H]1CC(O)CN1. The number of aliphatic hydroxyl groups is 1. The number of hydrogen-bond acceptors (Lipinski definition) is 3. The fourth-order valence-electron chi connectivity index (χ4n) is 3.09. The van der Waals surface area contributed by atoms with Gasteiger partial charge in [0.1, 0.15) is 0 Å². The van der Waals surface area contributed by atoms with Crippen molar-refractivity contribution >= 4 is 5.91 Å². The van der Waals surface area contributed by atoms with Crippen LogP contribution in [0.1, 0.15) is 44.7 Å². The van der Waals surface area contributed by atoms with Crippen LogP contribution < -0.4 is 5.32 Å². The second-order valence-corrected chi connectivity index (χ2v) is 5.69. The van der Waals surface area contributed by atoms with Gasteiger partial charge in [-0.05, 0) is 25.3 Å². The lowest BCUT2D eigenvalue weighted by atomic mass is 9.99. The number of amides is 1. The fourth-order valence-corrected chi connectivity index (χ4v) is 3.09. The first-order valence-electron chi connectivity index (χ1n) is 7.94. The third-order valence-corrected chi connectivity index (χ3v) is 4.15. The Morgan fingerprint density at radius 2 is 2.10 bits per heavy atom. The molecule has 2 N–H and O–H groups in total. The Labute approximate surface area is 127 Å². The van der Waals surface area contributed by atoms with Crippen LogP contribution in [0.15, 0.2) is 30.3 Å². The van der Waals surface area contributed by atoms with E-state index in [1.54, 1.807) is 0 Å². The van der Waals surface area contributed by atoms with Crippen LogP contribution in [0.2, 0.25) is 0 Å². The predicted octanol–water partition coefficient (Wildman–Crippen LogP) is 2.10. The lowest BCUT2D eigenvalue weighted by Gasteiger charge is -2.33. The van der Waals surface area contributed by atoms with E-state index >= 15 is 0 Å². The van der Waals surface area contributed by atoms with E-state index in [-0.39, 0.29) is 18.0 Å². The summed E-state index contributed by atoms with van der Waals surface area (Å²) < 4.78 is 0. The molecule has 1 saturated heterocycles. The molecule has 0 saturated carbocycles. The van der Waals surface area contributed by atoms with Crippen molar-refractivity contribution in [1.29, 1.82) is 0 Å². The van der Waals surface area contributed by atoms with Crippen molar-refractivity contribution in [2.45, 2.75) is 51.3 Å². The van der Waals surface area contributed by atoms with Gasteiger partial charge in [0.2, 0.25) is 5.91 Å². The van der Waals surface area contributed by atoms with Gasteiger partial charge in [-0.3, -0.25) is 4.79 Å².